The van der Waals surface area contributed by atoms with Crippen LogP contribution in [0.5, 0.6) is 0 Å². The van der Waals surface area contributed by atoms with E-state index in [1.165, 1.54) is 22.5 Å². The molecule has 2 N–H and O–H groups in total. The number of nitrogens with one attached hydrogen (secondary N) is 2. The molecule has 1 unspecified atom stereocenters. The van der Waals surface area contributed by atoms with E-state index in [4.69, 9.17) is 25.5 Å². The normalized spacial score (nSPS) is 17.7. The van der Waals surface area contributed by atoms with Gasteiger partial charge in [0.1, 0.15) is 6.10 Å². The Morgan fingerprint density at radius 3 is 2.67 bits per heavy atom. The van der Waals surface area contributed by atoms with E-state index in [1.54, 1.807) is 30.3 Å². The van der Waals surface area contributed by atoms with Crippen molar-refractivity contribution in [2.75, 3.05) is 54.5 Å². The number of nitrogens with zero attached hydrogens (tertiary/aromatic N) is 2. The fraction of sp³-hybridized carbons (Fsp3) is 0.292. The second kappa shape index (κ2) is 10.6. The lowest BCUT2D eigenvalue weighted by Gasteiger charge is -2.31. The number of hydrogen-bond acceptors (Lipinski definition) is 8. The minimum Gasteiger partial charge on any atom is -0.459 e. The average molecular weight is 531 g/mol. The molecule has 1 aromatic carbocycles. The lowest BCUT2D eigenvalue weighted by molar-refractivity contribution is 0.0919. The Morgan fingerprint density at radius 2 is 1.94 bits per heavy atom. The number of ether oxygens (including phenoxy) is 2. The van der Waals surface area contributed by atoms with Gasteiger partial charge >= 0.3 is 6.09 Å². The van der Waals surface area contributed by atoms with Gasteiger partial charge in [0, 0.05) is 18.8 Å². The largest absolute Gasteiger partial charge is 0.459 e. The molecule has 0 saturated carbocycles. The zero-order valence-electron chi connectivity index (χ0n) is 19.1. The molecule has 0 spiro atoms. The van der Waals surface area contributed by atoms with Crippen molar-refractivity contribution in [2.45, 2.75) is 6.10 Å². The number of carbonyl (C=O) groups is 3. The topological polar surface area (TPSA) is 113 Å². The van der Waals surface area contributed by atoms with Crippen molar-refractivity contribution in [2.24, 2.45) is 0 Å². The molecule has 3 amide bonds. The highest BCUT2D eigenvalue weighted by atomic mass is 35.5. The van der Waals surface area contributed by atoms with Crippen molar-refractivity contribution >= 4 is 57.9 Å². The number of anilines is 3. The number of amides is 3. The summed E-state index contributed by atoms with van der Waals surface area (Å²) in [6.07, 6.45) is 0.369. The number of halogens is 1. The summed E-state index contributed by atoms with van der Waals surface area (Å²) in [7, 11) is 0. The standard InChI is InChI=1S/C24H23ClN4O6S/c25-21-6-5-20(36-21)23(31)26-13-16-14-29(24(32)35-16)15-3-4-18(28-7-10-33-11-8-28)17(12-15)27-22(30)19-2-1-9-34-19/h1-6,9,12,16H,7-8,10-11,13-14H2,(H,26,31)(H,27,30). The van der Waals surface area contributed by atoms with Gasteiger partial charge < -0.3 is 29.4 Å². The molecule has 2 fully saturated rings. The third-order valence-corrected chi connectivity index (χ3v) is 7.03. The summed E-state index contributed by atoms with van der Waals surface area (Å²) < 4.78 is 16.7. The fourth-order valence-corrected chi connectivity index (χ4v) is 4.99. The lowest BCUT2D eigenvalue weighted by Crippen LogP contribution is -2.37. The zero-order chi connectivity index (χ0) is 25.1. The second-order valence-corrected chi connectivity index (χ2v) is 9.88. The number of thiophene rings is 1. The van der Waals surface area contributed by atoms with Crippen molar-refractivity contribution in [1.82, 2.24) is 5.32 Å². The summed E-state index contributed by atoms with van der Waals surface area (Å²) >= 11 is 7.07. The molecule has 36 heavy (non-hydrogen) atoms. The summed E-state index contributed by atoms with van der Waals surface area (Å²) in [4.78, 5) is 41.8. The van der Waals surface area contributed by atoms with Gasteiger partial charge in [-0.3, -0.25) is 14.5 Å². The molecule has 2 aliphatic rings. The Hall–Kier alpha value is -3.54. The Kier molecular flexibility index (Phi) is 7.12. The maximum Gasteiger partial charge on any atom is 0.414 e. The van der Waals surface area contributed by atoms with Crippen LogP contribution in [0.4, 0.5) is 21.9 Å². The van der Waals surface area contributed by atoms with Crippen molar-refractivity contribution in [3.05, 3.63) is 63.7 Å². The molecule has 12 heteroatoms. The highest BCUT2D eigenvalue weighted by molar-refractivity contribution is 7.18. The zero-order valence-corrected chi connectivity index (χ0v) is 20.6. The van der Waals surface area contributed by atoms with Gasteiger partial charge in [-0.1, -0.05) is 11.6 Å². The Balaban J connectivity index is 1.31. The maximum absolute atomic E-state index is 12.7. The summed E-state index contributed by atoms with van der Waals surface area (Å²) in [5.41, 5.74) is 1.91. The quantitative estimate of drug-likeness (QED) is 0.477. The average Bonchev–Trinajstić information content (AvgIpc) is 3.65. The van der Waals surface area contributed by atoms with Gasteiger partial charge in [0.2, 0.25) is 0 Å². The monoisotopic (exact) mass is 530 g/mol. The molecular formula is C24H23ClN4O6S. The van der Waals surface area contributed by atoms with E-state index in [2.05, 4.69) is 15.5 Å². The van der Waals surface area contributed by atoms with E-state index < -0.39 is 18.1 Å². The predicted octanol–water partition coefficient (Wildman–Crippen LogP) is 3.84. The molecule has 0 radical (unpaired) electrons. The first-order chi connectivity index (χ1) is 17.5. The fourth-order valence-electron chi connectivity index (χ4n) is 4.03. The first kappa shape index (κ1) is 24.2. The molecule has 188 valence electrons. The first-order valence-corrected chi connectivity index (χ1v) is 12.5. The van der Waals surface area contributed by atoms with Crippen LogP contribution in [-0.2, 0) is 9.47 Å². The van der Waals surface area contributed by atoms with Crippen LogP contribution < -0.4 is 20.4 Å². The van der Waals surface area contributed by atoms with Crippen LogP contribution in [0.25, 0.3) is 0 Å². The number of morpholine rings is 1. The Morgan fingerprint density at radius 1 is 1.11 bits per heavy atom. The molecule has 5 rings (SSSR count). The van der Waals surface area contributed by atoms with E-state index in [0.717, 1.165) is 5.69 Å². The number of cyclic esters (lactones) is 1. The summed E-state index contributed by atoms with van der Waals surface area (Å²) in [6, 6.07) is 11.9. The van der Waals surface area contributed by atoms with E-state index in [1.807, 2.05) is 12.1 Å². The second-order valence-electron chi connectivity index (χ2n) is 8.16. The van der Waals surface area contributed by atoms with Crippen LogP contribution in [-0.4, -0.2) is 63.4 Å². The highest BCUT2D eigenvalue weighted by Gasteiger charge is 2.33. The molecule has 10 nitrogen and oxygen atoms in total. The van der Waals surface area contributed by atoms with E-state index in [0.29, 0.717) is 46.9 Å². The third kappa shape index (κ3) is 5.32. The number of rotatable bonds is 7. The molecule has 0 aliphatic carbocycles. The number of benzene rings is 1. The van der Waals surface area contributed by atoms with E-state index in [-0.39, 0.29) is 24.8 Å². The minimum atomic E-state index is -0.532. The van der Waals surface area contributed by atoms with Crippen molar-refractivity contribution in [3.8, 4) is 0 Å². The number of hydrogen-bond donors (Lipinski definition) is 2. The van der Waals surface area contributed by atoms with Gasteiger partial charge in [0.15, 0.2) is 5.76 Å². The van der Waals surface area contributed by atoms with Gasteiger partial charge in [-0.15, -0.1) is 11.3 Å². The summed E-state index contributed by atoms with van der Waals surface area (Å²) in [6.45, 7) is 2.91. The Bertz CT molecular complexity index is 1260. The van der Waals surface area contributed by atoms with E-state index >= 15 is 0 Å². The number of carbonyl (C=O) groups excluding carboxylic acids is 3. The SMILES string of the molecule is O=C(Nc1cc(N2CC(CNC(=O)c3ccc(Cl)s3)OC2=O)ccc1N1CCOCC1)c1ccco1. The van der Waals surface area contributed by atoms with Gasteiger partial charge in [0.25, 0.3) is 11.8 Å². The maximum atomic E-state index is 12.7. The number of furan rings is 1. The van der Waals surface area contributed by atoms with Gasteiger partial charge in [-0.05, 0) is 42.5 Å². The van der Waals surface area contributed by atoms with E-state index in [9.17, 15) is 14.4 Å². The van der Waals surface area contributed by atoms with Crippen molar-refractivity contribution in [3.63, 3.8) is 0 Å². The van der Waals surface area contributed by atoms with Gasteiger partial charge in [-0.25, -0.2) is 4.79 Å². The van der Waals surface area contributed by atoms with Gasteiger partial charge in [-0.2, -0.15) is 0 Å². The van der Waals surface area contributed by atoms with Crippen LogP contribution in [0.2, 0.25) is 4.34 Å². The van der Waals surface area contributed by atoms with Crippen LogP contribution in [0, 0.1) is 0 Å². The molecule has 3 aromatic rings. The first-order valence-electron chi connectivity index (χ1n) is 11.3. The highest BCUT2D eigenvalue weighted by Crippen LogP contribution is 2.33. The smallest absolute Gasteiger partial charge is 0.414 e. The Labute approximate surface area is 215 Å². The molecule has 2 aliphatic heterocycles. The molecule has 2 saturated heterocycles. The molecule has 2 aromatic heterocycles. The minimum absolute atomic E-state index is 0.157. The summed E-state index contributed by atoms with van der Waals surface area (Å²) in [5, 5.41) is 5.67. The van der Waals surface area contributed by atoms with Crippen LogP contribution >= 0.6 is 22.9 Å². The predicted molar refractivity (Wildman–Crippen MR) is 135 cm³/mol. The van der Waals surface area contributed by atoms with Crippen LogP contribution in [0.1, 0.15) is 20.2 Å². The molecule has 0 bridgehead atoms. The molecular weight excluding hydrogens is 508 g/mol. The lowest BCUT2D eigenvalue weighted by atomic mass is 10.2. The van der Waals surface area contributed by atoms with Crippen molar-refractivity contribution in [1.29, 1.82) is 0 Å². The molecule has 4 heterocycles. The van der Waals surface area contributed by atoms with Crippen LogP contribution in [0.3, 0.4) is 0 Å². The summed E-state index contributed by atoms with van der Waals surface area (Å²) in [5.74, 6) is -0.499. The molecule has 1 atom stereocenters. The van der Waals surface area contributed by atoms with Crippen molar-refractivity contribution < 1.29 is 28.3 Å². The third-order valence-electron chi connectivity index (χ3n) is 5.80. The van der Waals surface area contributed by atoms with Crippen LogP contribution in [0.15, 0.2) is 53.1 Å². The van der Waals surface area contributed by atoms with Gasteiger partial charge in [0.05, 0.1) is 53.2 Å².